The largest absolute Gasteiger partial charge is 0.493 e. The quantitative estimate of drug-likeness (QED) is 0.802. The summed E-state index contributed by atoms with van der Waals surface area (Å²) in [5.41, 5.74) is 1.34. The van der Waals surface area contributed by atoms with Gasteiger partial charge in [0.05, 0.1) is 16.9 Å². The average Bonchev–Trinajstić information content (AvgIpc) is 2.58. The van der Waals surface area contributed by atoms with Gasteiger partial charge >= 0.3 is 5.97 Å². The van der Waals surface area contributed by atoms with Gasteiger partial charge in [-0.25, -0.2) is 9.48 Å². The van der Waals surface area contributed by atoms with Gasteiger partial charge in [-0.15, -0.1) is 0 Å². The number of hydrogen-bond donors (Lipinski definition) is 2. The molecule has 0 aliphatic rings. The molecule has 0 amide bonds. The van der Waals surface area contributed by atoms with Gasteiger partial charge in [-0.3, -0.25) is 0 Å². The highest BCUT2D eigenvalue weighted by molar-refractivity contribution is 5.88. The normalized spacial score (nSPS) is 10.3. The summed E-state index contributed by atoms with van der Waals surface area (Å²) < 4.78 is 1.29. The van der Waals surface area contributed by atoms with Crippen LogP contribution >= 0.6 is 0 Å². The fraction of sp³-hybridized carbons (Fsp3) is 0.0909. The number of aromatic carboxylic acids is 1. The zero-order valence-corrected chi connectivity index (χ0v) is 8.58. The smallest absolute Gasteiger partial charge is 0.335 e. The summed E-state index contributed by atoms with van der Waals surface area (Å²) in [6.07, 6.45) is 0. The molecule has 1 aromatic heterocycles. The summed E-state index contributed by atoms with van der Waals surface area (Å²) in [6, 6.07) is 7.73. The Morgan fingerprint density at radius 1 is 1.38 bits per heavy atom. The molecule has 2 aromatic rings. The lowest BCUT2D eigenvalue weighted by Crippen LogP contribution is -2.00. The number of benzene rings is 1. The number of hydrogen-bond acceptors (Lipinski definition) is 3. The Balaban J connectivity index is 2.52. The van der Waals surface area contributed by atoms with Crippen molar-refractivity contribution in [2.45, 2.75) is 6.92 Å². The van der Waals surface area contributed by atoms with Gasteiger partial charge in [0.25, 0.3) is 0 Å². The van der Waals surface area contributed by atoms with Crippen molar-refractivity contribution in [3.63, 3.8) is 0 Å². The molecule has 5 heteroatoms. The second kappa shape index (κ2) is 3.69. The summed E-state index contributed by atoms with van der Waals surface area (Å²) in [5, 5.41) is 22.5. The molecule has 82 valence electrons. The number of nitrogens with zero attached hydrogens (tertiary/aromatic N) is 2. The maximum Gasteiger partial charge on any atom is 0.335 e. The number of carboxylic acid groups (broad SMARTS) is 1. The summed E-state index contributed by atoms with van der Waals surface area (Å²) in [4.78, 5) is 10.8. The summed E-state index contributed by atoms with van der Waals surface area (Å²) in [7, 11) is 0. The maximum absolute atomic E-state index is 10.8. The molecule has 0 unspecified atom stereocenters. The van der Waals surface area contributed by atoms with Crippen LogP contribution in [0.4, 0.5) is 0 Å². The van der Waals surface area contributed by atoms with Gasteiger partial charge in [0.15, 0.2) is 0 Å². The summed E-state index contributed by atoms with van der Waals surface area (Å²) in [6.45, 7) is 1.75. The minimum Gasteiger partial charge on any atom is -0.493 e. The van der Waals surface area contributed by atoms with E-state index >= 15 is 0 Å². The van der Waals surface area contributed by atoms with Gasteiger partial charge in [-0.05, 0) is 25.1 Å². The number of aromatic nitrogens is 2. The van der Waals surface area contributed by atoms with Gasteiger partial charge < -0.3 is 10.2 Å². The van der Waals surface area contributed by atoms with Crippen LogP contribution in [0.25, 0.3) is 5.69 Å². The van der Waals surface area contributed by atoms with Crippen LogP contribution in [0.1, 0.15) is 16.1 Å². The fourth-order valence-corrected chi connectivity index (χ4v) is 1.45. The molecule has 2 rings (SSSR count). The summed E-state index contributed by atoms with van der Waals surface area (Å²) >= 11 is 0. The lowest BCUT2D eigenvalue weighted by atomic mass is 10.2. The van der Waals surface area contributed by atoms with Crippen molar-refractivity contribution in [1.82, 2.24) is 9.78 Å². The average molecular weight is 218 g/mol. The van der Waals surface area contributed by atoms with Crippen molar-refractivity contribution < 1.29 is 15.0 Å². The third-order valence-corrected chi connectivity index (χ3v) is 2.15. The molecule has 0 radical (unpaired) electrons. The van der Waals surface area contributed by atoms with E-state index in [4.69, 9.17) is 5.11 Å². The second-order valence-corrected chi connectivity index (χ2v) is 3.41. The van der Waals surface area contributed by atoms with Crippen molar-refractivity contribution >= 4 is 5.97 Å². The maximum atomic E-state index is 10.8. The van der Waals surface area contributed by atoms with E-state index < -0.39 is 5.97 Å². The number of carbonyl (C=O) groups is 1. The molecule has 0 saturated carbocycles. The minimum absolute atomic E-state index is 0.0139. The van der Waals surface area contributed by atoms with Gasteiger partial charge in [0, 0.05) is 6.07 Å². The molecule has 0 bridgehead atoms. The van der Waals surface area contributed by atoms with E-state index in [1.54, 1.807) is 19.1 Å². The standard InChI is InChI=1S/C11H10N2O3/c1-7-5-10(14)13(12-7)9-4-2-3-8(6-9)11(15)16/h2-6,14H,1H3,(H,15,16). The topological polar surface area (TPSA) is 75.4 Å². The molecule has 16 heavy (non-hydrogen) atoms. The van der Waals surface area contributed by atoms with Gasteiger partial charge in [-0.2, -0.15) is 5.10 Å². The Labute approximate surface area is 91.6 Å². The highest BCUT2D eigenvalue weighted by Gasteiger charge is 2.08. The van der Waals surface area contributed by atoms with Crippen molar-refractivity contribution in [1.29, 1.82) is 0 Å². The molecule has 2 N–H and O–H groups in total. The van der Waals surface area contributed by atoms with E-state index in [-0.39, 0.29) is 11.4 Å². The zero-order valence-electron chi connectivity index (χ0n) is 8.58. The Kier molecular flexibility index (Phi) is 2.36. The highest BCUT2D eigenvalue weighted by Crippen LogP contribution is 2.18. The molecular weight excluding hydrogens is 208 g/mol. The molecule has 1 aromatic carbocycles. The van der Waals surface area contributed by atoms with Crippen LogP contribution in [0.15, 0.2) is 30.3 Å². The Morgan fingerprint density at radius 3 is 2.69 bits per heavy atom. The van der Waals surface area contributed by atoms with Crippen LogP contribution in [0, 0.1) is 6.92 Å². The highest BCUT2D eigenvalue weighted by atomic mass is 16.4. The molecule has 5 nitrogen and oxygen atoms in total. The number of carboxylic acids is 1. The molecule has 0 fully saturated rings. The monoisotopic (exact) mass is 218 g/mol. The minimum atomic E-state index is -1.01. The van der Waals surface area contributed by atoms with Crippen molar-refractivity contribution in [2.75, 3.05) is 0 Å². The van der Waals surface area contributed by atoms with Crippen molar-refractivity contribution in [3.8, 4) is 11.6 Å². The summed E-state index contributed by atoms with van der Waals surface area (Å²) in [5.74, 6) is -1.02. The fourth-order valence-electron chi connectivity index (χ4n) is 1.45. The van der Waals surface area contributed by atoms with Crippen LogP contribution in [0.3, 0.4) is 0 Å². The van der Waals surface area contributed by atoms with E-state index in [1.165, 1.54) is 22.9 Å². The zero-order chi connectivity index (χ0) is 11.7. The number of aryl methyl sites for hydroxylation is 1. The number of aromatic hydroxyl groups is 1. The van der Waals surface area contributed by atoms with E-state index in [0.717, 1.165) is 0 Å². The lowest BCUT2D eigenvalue weighted by Gasteiger charge is -2.03. The SMILES string of the molecule is Cc1cc(O)n(-c2cccc(C(=O)O)c2)n1. The van der Waals surface area contributed by atoms with E-state index in [2.05, 4.69) is 5.10 Å². The van der Waals surface area contributed by atoms with E-state index in [1.807, 2.05) is 0 Å². The molecule has 0 spiro atoms. The molecule has 0 aliphatic carbocycles. The lowest BCUT2D eigenvalue weighted by molar-refractivity contribution is 0.0697. The predicted molar refractivity (Wildman–Crippen MR) is 56.9 cm³/mol. The first kappa shape index (κ1) is 10.2. The molecule has 1 heterocycles. The van der Waals surface area contributed by atoms with Crippen LogP contribution < -0.4 is 0 Å². The molecule has 0 aliphatic heterocycles. The first-order valence-electron chi connectivity index (χ1n) is 4.67. The van der Waals surface area contributed by atoms with Crippen LogP contribution in [-0.4, -0.2) is 26.0 Å². The Bertz CT molecular complexity index is 546. The second-order valence-electron chi connectivity index (χ2n) is 3.41. The van der Waals surface area contributed by atoms with Crippen LogP contribution in [0.5, 0.6) is 5.88 Å². The third-order valence-electron chi connectivity index (χ3n) is 2.15. The van der Waals surface area contributed by atoms with Gasteiger partial charge in [0.1, 0.15) is 0 Å². The third kappa shape index (κ3) is 1.75. The van der Waals surface area contributed by atoms with Gasteiger partial charge in [0.2, 0.25) is 5.88 Å². The Hall–Kier alpha value is -2.30. The van der Waals surface area contributed by atoms with Crippen LogP contribution in [-0.2, 0) is 0 Å². The number of rotatable bonds is 2. The molecular formula is C11H10N2O3. The first-order valence-corrected chi connectivity index (χ1v) is 4.67. The predicted octanol–water partition coefficient (Wildman–Crippen LogP) is 1.58. The Morgan fingerprint density at radius 2 is 2.12 bits per heavy atom. The van der Waals surface area contributed by atoms with Crippen molar-refractivity contribution in [2.24, 2.45) is 0 Å². The van der Waals surface area contributed by atoms with Crippen molar-refractivity contribution in [3.05, 3.63) is 41.6 Å². The van der Waals surface area contributed by atoms with E-state index in [9.17, 15) is 9.90 Å². The van der Waals surface area contributed by atoms with Crippen LogP contribution in [0.2, 0.25) is 0 Å². The van der Waals surface area contributed by atoms with E-state index in [0.29, 0.717) is 11.4 Å². The first-order chi connectivity index (χ1) is 7.58. The molecule has 0 saturated heterocycles. The molecule has 0 atom stereocenters. The van der Waals surface area contributed by atoms with Gasteiger partial charge in [-0.1, -0.05) is 6.07 Å².